The van der Waals surface area contributed by atoms with E-state index < -0.39 is 28.5 Å². The van der Waals surface area contributed by atoms with Gasteiger partial charge in [0.15, 0.2) is 0 Å². The summed E-state index contributed by atoms with van der Waals surface area (Å²) in [7, 11) is -2.18. The molecule has 0 spiro atoms. The first-order valence-corrected chi connectivity index (χ1v) is 14.2. The van der Waals surface area contributed by atoms with Crippen LogP contribution in [0.2, 0.25) is 0 Å². The summed E-state index contributed by atoms with van der Waals surface area (Å²) in [6, 6.07) is 13.2. The maximum Gasteiger partial charge on any atom is 0.244 e. The molecule has 0 bridgehead atoms. The Kier molecular flexibility index (Phi) is 9.18. The number of amides is 2. The van der Waals surface area contributed by atoms with E-state index >= 15 is 0 Å². The van der Waals surface area contributed by atoms with E-state index in [9.17, 15) is 18.0 Å². The monoisotopic (exact) mass is 565 g/mol. The van der Waals surface area contributed by atoms with Gasteiger partial charge in [-0.3, -0.25) is 13.9 Å². The van der Waals surface area contributed by atoms with Crippen molar-refractivity contribution in [1.29, 1.82) is 0 Å². The molecule has 1 atom stereocenters. The number of benzene rings is 2. The Morgan fingerprint density at radius 3 is 2.23 bits per heavy atom. The number of carbonyl (C=O) groups excluding carboxylic acids is 2. The molecule has 0 radical (unpaired) electrons. The number of ether oxygens (including phenoxy) is 1. The molecule has 2 amide bonds. The Hall–Kier alpha value is -2.59. The number of nitrogens with zero attached hydrogens (tertiary/aromatic N) is 2. The Bertz CT molecular complexity index is 1120. The number of nitrogens with one attached hydrogen (secondary N) is 1. The Morgan fingerprint density at radius 2 is 1.69 bits per heavy atom. The zero-order valence-electron chi connectivity index (χ0n) is 20.2. The maximum atomic E-state index is 13.6. The summed E-state index contributed by atoms with van der Waals surface area (Å²) in [6.45, 7) is 1.41. The van der Waals surface area contributed by atoms with Crippen molar-refractivity contribution in [3.8, 4) is 5.75 Å². The standard InChI is InChI=1S/C25H32BrN3O5S/c1-18(25(31)27-21-6-4-5-7-21)28(16-19-8-14-23(34-2)15-9-19)24(30)17-29(35(3,32)33)22-12-10-20(26)11-13-22/h8-15,18,21H,4-7,16-17H2,1-3H3,(H,27,31)/t18-/m1/s1. The van der Waals surface area contributed by atoms with Crippen molar-refractivity contribution in [2.45, 2.75) is 51.2 Å². The van der Waals surface area contributed by atoms with E-state index in [4.69, 9.17) is 4.74 Å². The highest BCUT2D eigenvalue weighted by molar-refractivity contribution is 9.10. The van der Waals surface area contributed by atoms with Crippen LogP contribution < -0.4 is 14.4 Å². The van der Waals surface area contributed by atoms with Gasteiger partial charge in [0, 0.05) is 17.1 Å². The second-order valence-electron chi connectivity index (χ2n) is 8.78. The van der Waals surface area contributed by atoms with Crippen molar-refractivity contribution in [2.24, 2.45) is 0 Å². The number of sulfonamides is 1. The molecule has 8 nitrogen and oxygen atoms in total. The number of hydrogen-bond acceptors (Lipinski definition) is 5. The predicted octanol–water partition coefficient (Wildman–Crippen LogP) is 3.70. The van der Waals surface area contributed by atoms with E-state index in [0.717, 1.165) is 46.3 Å². The van der Waals surface area contributed by atoms with Crippen LogP contribution in [0, 0.1) is 0 Å². The van der Waals surface area contributed by atoms with Gasteiger partial charge in [-0.25, -0.2) is 8.42 Å². The van der Waals surface area contributed by atoms with Crippen molar-refractivity contribution < 1.29 is 22.7 Å². The molecule has 3 rings (SSSR count). The van der Waals surface area contributed by atoms with Gasteiger partial charge in [-0.05, 0) is 61.7 Å². The molecule has 0 aliphatic heterocycles. The van der Waals surface area contributed by atoms with Gasteiger partial charge in [0.05, 0.1) is 19.1 Å². The smallest absolute Gasteiger partial charge is 0.244 e. The maximum absolute atomic E-state index is 13.6. The second-order valence-corrected chi connectivity index (χ2v) is 11.6. The molecule has 0 saturated heterocycles. The summed E-state index contributed by atoms with van der Waals surface area (Å²) in [6.07, 6.45) is 5.06. The van der Waals surface area contributed by atoms with Crippen molar-refractivity contribution in [3.63, 3.8) is 0 Å². The SMILES string of the molecule is COc1ccc(CN(C(=O)CN(c2ccc(Br)cc2)S(C)(=O)=O)[C@H](C)C(=O)NC2CCCC2)cc1. The average Bonchev–Trinajstić information content (AvgIpc) is 3.34. The third-order valence-electron chi connectivity index (χ3n) is 6.17. The highest BCUT2D eigenvalue weighted by atomic mass is 79.9. The van der Waals surface area contributed by atoms with Crippen LogP contribution >= 0.6 is 15.9 Å². The van der Waals surface area contributed by atoms with Crippen LogP contribution in [0.15, 0.2) is 53.0 Å². The van der Waals surface area contributed by atoms with Crippen molar-refractivity contribution in [1.82, 2.24) is 10.2 Å². The van der Waals surface area contributed by atoms with Crippen LogP contribution in [0.5, 0.6) is 5.75 Å². The lowest BCUT2D eigenvalue weighted by Gasteiger charge is -2.32. The van der Waals surface area contributed by atoms with Crippen molar-refractivity contribution in [2.75, 3.05) is 24.2 Å². The molecule has 2 aromatic rings. The highest BCUT2D eigenvalue weighted by Gasteiger charge is 2.31. The minimum Gasteiger partial charge on any atom is -0.497 e. The van der Waals surface area contributed by atoms with E-state index in [2.05, 4.69) is 21.2 Å². The molecule has 35 heavy (non-hydrogen) atoms. The Labute approximate surface area is 215 Å². The summed E-state index contributed by atoms with van der Waals surface area (Å²) in [5.41, 5.74) is 1.17. The van der Waals surface area contributed by atoms with Crippen LogP contribution in [0.1, 0.15) is 38.2 Å². The van der Waals surface area contributed by atoms with Crippen LogP contribution in [0.3, 0.4) is 0 Å². The zero-order chi connectivity index (χ0) is 25.6. The van der Waals surface area contributed by atoms with Gasteiger partial charge in [0.25, 0.3) is 0 Å². The van der Waals surface area contributed by atoms with Gasteiger partial charge in [0.1, 0.15) is 18.3 Å². The lowest BCUT2D eigenvalue weighted by Crippen LogP contribution is -2.52. The first-order chi connectivity index (χ1) is 16.6. The van der Waals surface area contributed by atoms with E-state index in [1.54, 1.807) is 50.4 Å². The van der Waals surface area contributed by atoms with Crippen molar-refractivity contribution in [3.05, 3.63) is 58.6 Å². The predicted molar refractivity (Wildman–Crippen MR) is 140 cm³/mol. The quantitative estimate of drug-likeness (QED) is 0.473. The molecule has 0 heterocycles. The molecular weight excluding hydrogens is 534 g/mol. The fourth-order valence-corrected chi connectivity index (χ4v) is 5.24. The fraction of sp³-hybridized carbons (Fsp3) is 0.440. The molecule has 190 valence electrons. The molecule has 1 N–H and O–H groups in total. The zero-order valence-corrected chi connectivity index (χ0v) is 22.6. The van der Waals surface area contributed by atoms with Crippen LogP contribution in [0.25, 0.3) is 0 Å². The van der Waals surface area contributed by atoms with E-state index in [1.165, 1.54) is 4.90 Å². The first-order valence-electron chi connectivity index (χ1n) is 11.5. The molecule has 1 saturated carbocycles. The number of rotatable bonds is 10. The molecule has 0 unspecified atom stereocenters. The third kappa shape index (κ3) is 7.44. The minimum atomic E-state index is -3.75. The van der Waals surface area contributed by atoms with E-state index in [1.807, 2.05) is 12.1 Å². The lowest BCUT2D eigenvalue weighted by molar-refractivity contribution is -0.139. The van der Waals surface area contributed by atoms with Gasteiger partial charge >= 0.3 is 0 Å². The van der Waals surface area contributed by atoms with Crippen LogP contribution in [0.4, 0.5) is 5.69 Å². The molecule has 10 heteroatoms. The molecule has 0 aromatic heterocycles. The summed E-state index contributed by atoms with van der Waals surface area (Å²) >= 11 is 3.34. The minimum absolute atomic E-state index is 0.109. The largest absolute Gasteiger partial charge is 0.497 e. The third-order valence-corrected chi connectivity index (χ3v) is 7.84. The van der Waals surface area contributed by atoms with Gasteiger partial charge in [-0.1, -0.05) is 40.9 Å². The molecule has 1 aliphatic carbocycles. The molecule has 1 aliphatic rings. The Balaban J connectivity index is 1.86. The fourth-order valence-electron chi connectivity index (χ4n) is 4.12. The van der Waals surface area contributed by atoms with Crippen LogP contribution in [-0.4, -0.2) is 57.1 Å². The molecular formula is C25H32BrN3O5S. The number of halogens is 1. The molecule has 2 aromatic carbocycles. The Morgan fingerprint density at radius 1 is 1.09 bits per heavy atom. The number of hydrogen-bond donors (Lipinski definition) is 1. The summed E-state index contributed by atoms with van der Waals surface area (Å²) in [5.74, 6) is -0.0336. The number of methoxy groups -OCH3 is 1. The van der Waals surface area contributed by atoms with Gasteiger partial charge in [-0.15, -0.1) is 0 Å². The van der Waals surface area contributed by atoms with E-state index in [0.29, 0.717) is 11.4 Å². The van der Waals surface area contributed by atoms with Gasteiger partial charge in [-0.2, -0.15) is 0 Å². The lowest BCUT2D eigenvalue weighted by atomic mass is 10.1. The summed E-state index contributed by atoms with van der Waals surface area (Å²) < 4.78 is 32.2. The highest BCUT2D eigenvalue weighted by Crippen LogP contribution is 2.23. The summed E-state index contributed by atoms with van der Waals surface area (Å²) in [5, 5.41) is 3.05. The van der Waals surface area contributed by atoms with Gasteiger partial charge in [0.2, 0.25) is 21.8 Å². The van der Waals surface area contributed by atoms with Gasteiger partial charge < -0.3 is 15.0 Å². The normalized spacial score (nSPS) is 14.9. The average molecular weight is 567 g/mol. The second kappa shape index (κ2) is 11.9. The number of anilines is 1. The van der Waals surface area contributed by atoms with E-state index in [-0.39, 0.29) is 18.5 Å². The van der Waals surface area contributed by atoms with Crippen molar-refractivity contribution >= 4 is 43.5 Å². The number of carbonyl (C=O) groups is 2. The first kappa shape index (κ1) is 27.0. The van der Waals surface area contributed by atoms with Crippen LogP contribution in [-0.2, 0) is 26.2 Å². The topological polar surface area (TPSA) is 96.0 Å². The molecule has 1 fully saturated rings. The summed E-state index contributed by atoms with van der Waals surface area (Å²) in [4.78, 5) is 28.1.